The number of piperidine rings is 1. The first-order valence-corrected chi connectivity index (χ1v) is 13.1. The molecule has 2 N–H and O–H groups in total. The molecule has 1 aromatic heterocycles. The third-order valence-electron chi connectivity index (χ3n) is 5.67. The van der Waals surface area contributed by atoms with E-state index in [4.69, 9.17) is 9.05 Å². The number of H-pyrrole nitrogens is 1. The number of hydrogen-bond acceptors (Lipinski definition) is 5. The van der Waals surface area contributed by atoms with Gasteiger partial charge in [0.25, 0.3) is 0 Å². The number of nitrogens with one attached hydrogen (secondary N) is 2. The van der Waals surface area contributed by atoms with Crippen LogP contribution in [-0.2, 0) is 20.3 Å². The molecule has 0 saturated carbocycles. The van der Waals surface area contributed by atoms with Crippen LogP contribution in [0.5, 0.6) is 5.75 Å². The van der Waals surface area contributed by atoms with Gasteiger partial charge in [0.15, 0.2) is 0 Å². The molecule has 3 aromatic rings. The largest absolute Gasteiger partial charge is 0.436 e. The van der Waals surface area contributed by atoms with Crippen LogP contribution in [0.4, 0.5) is 0 Å². The zero-order valence-corrected chi connectivity index (χ0v) is 19.5. The van der Waals surface area contributed by atoms with Gasteiger partial charge in [-0.3, -0.25) is 0 Å². The van der Waals surface area contributed by atoms with E-state index in [2.05, 4.69) is 20.6 Å². The molecule has 1 unspecified atom stereocenters. The molecule has 0 aliphatic carbocycles. The van der Waals surface area contributed by atoms with Crippen LogP contribution in [0.2, 0.25) is 0 Å². The lowest BCUT2D eigenvalue weighted by atomic mass is 9.90. The number of aromatic nitrogens is 1. The maximum Gasteiger partial charge on any atom is 0.320 e. The third-order valence-corrected chi connectivity index (χ3v) is 8.55. The molecule has 2 aromatic carbocycles. The van der Waals surface area contributed by atoms with Crippen LogP contribution in [-0.4, -0.2) is 45.3 Å². The van der Waals surface area contributed by atoms with Crippen LogP contribution in [0.25, 0.3) is 10.9 Å². The fourth-order valence-electron chi connectivity index (χ4n) is 4.04. The second-order valence-electron chi connectivity index (χ2n) is 7.64. The summed E-state index contributed by atoms with van der Waals surface area (Å²) in [5.74, 6) is 1.25. The predicted octanol–water partition coefficient (Wildman–Crippen LogP) is 4.35. The van der Waals surface area contributed by atoms with Gasteiger partial charge < -0.3 is 14.0 Å². The Labute approximate surface area is 184 Å². The van der Waals surface area contributed by atoms with Crippen molar-refractivity contribution in [2.45, 2.75) is 24.5 Å². The Morgan fingerprint density at radius 1 is 1.16 bits per heavy atom. The molecule has 0 spiro atoms. The molecule has 7 nitrogen and oxygen atoms in total. The Hall–Kier alpha value is -1.96. The zero-order valence-electron chi connectivity index (χ0n) is 17.7. The van der Waals surface area contributed by atoms with Crippen LogP contribution in [0.15, 0.2) is 54.7 Å². The molecule has 0 radical (unpaired) electrons. The molecule has 166 valence electrons. The van der Waals surface area contributed by atoms with Gasteiger partial charge in [-0.25, -0.2) is 17.8 Å². The number of rotatable bonds is 8. The second kappa shape index (κ2) is 9.67. The number of nitrogens with zero attached hydrogens (tertiary/aromatic N) is 1. The Morgan fingerprint density at radius 3 is 2.58 bits per heavy atom. The van der Waals surface area contributed by atoms with Gasteiger partial charge in [0, 0.05) is 37.3 Å². The Bertz CT molecular complexity index is 1110. The van der Waals surface area contributed by atoms with Crippen molar-refractivity contribution in [2.75, 3.05) is 27.2 Å². The van der Waals surface area contributed by atoms with Crippen molar-refractivity contribution < 1.29 is 17.5 Å². The molecule has 1 aliphatic rings. The van der Waals surface area contributed by atoms with E-state index in [0.717, 1.165) is 42.8 Å². The highest BCUT2D eigenvalue weighted by Gasteiger charge is 2.29. The van der Waals surface area contributed by atoms with Crippen molar-refractivity contribution in [3.8, 4) is 5.75 Å². The monoisotopic (exact) mass is 461 g/mol. The van der Waals surface area contributed by atoms with Gasteiger partial charge in [0.1, 0.15) is 5.75 Å². The van der Waals surface area contributed by atoms with Gasteiger partial charge >= 0.3 is 8.53 Å². The van der Waals surface area contributed by atoms with Gasteiger partial charge in [-0.1, -0.05) is 30.3 Å². The molecular formula is C22H28N3O4PS. The van der Waals surface area contributed by atoms with Crippen LogP contribution >= 0.6 is 8.53 Å². The topological polar surface area (TPSA) is 83.7 Å². The number of para-hydroxylation sites is 1. The van der Waals surface area contributed by atoms with E-state index < -0.39 is 18.5 Å². The molecule has 1 aliphatic heterocycles. The molecule has 1 atom stereocenters. The molecule has 9 heteroatoms. The summed E-state index contributed by atoms with van der Waals surface area (Å²) in [6.45, 7) is 1.81. The predicted molar refractivity (Wildman–Crippen MR) is 125 cm³/mol. The molecule has 1 fully saturated rings. The lowest BCUT2D eigenvalue weighted by Gasteiger charge is -2.34. The number of fused-ring (bicyclic) bond motifs is 1. The first-order chi connectivity index (χ1) is 15.0. The van der Waals surface area contributed by atoms with Crippen LogP contribution in [0.3, 0.4) is 0 Å². The summed E-state index contributed by atoms with van der Waals surface area (Å²) >= 11 is 0. The Morgan fingerprint density at radius 2 is 1.90 bits per heavy atom. The minimum atomic E-state index is -3.29. The highest BCUT2D eigenvalue weighted by molar-refractivity contribution is 7.88. The van der Waals surface area contributed by atoms with E-state index >= 15 is 0 Å². The highest BCUT2D eigenvalue weighted by atomic mass is 32.2. The zero-order chi connectivity index (χ0) is 21.8. The summed E-state index contributed by atoms with van der Waals surface area (Å²) in [7, 11) is -1.27. The van der Waals surface area contributed by atoms with Gasteiger partial charge in [0.2, 0.25) is 10.0 Å². The smallest absolute Gasteiger partial charge is 0.320 e. The van der Waals surface area contributed by atoms with Crippen LogP contribution in [0.1, 0.15) is 29.9 Å². The lowest BCUT2D eigenvalue weighted by molar-refractivity contribution is 0.263. The number of hydrogen-bond donors (Lipinski definition) is 2. The molecule has 2 heterocycles. The fraction of sp³-hybridized carbons (Fsp3) is 0.364. The quantitative estimate of drug-likeness (QED) is 0.488. The van der Waals surface area contributed by atoms with Crippen molar-refractivity contribution in [2.24, 2.45) is 0 Å². The summed E-state index contributed by atoms with van der Waals surface area (Å²) in [6.07, 6.45) is 4.10. The standard InChI is InChI=1S/C22H28N3O4PS/c1-23-31(26,27)16-17-8-9-20-21(15-24-22(20)14-17)18-10-12-25(13-11-18)30(28-2)29-19-6-4-3-5-7-19/h3-9,14-15,18,23-24H,10-13,16H2,1-2H3. The number of aromatic amines is 1. The Balaban J connectivity index is 1.42. The summed E-state index contributed by atoms with van der Waals surface area (Å²) < 4.78 is 40.1. The van der Waals surface area contributed by atoms with Crippen LogP contribution in [0, 0.1) is 0 Å². The van der Waals surface area contributed by atoms with E-state index in [9.17, 15) is 8.42 Å². The van der Waals surface area contributed by atoms with Crippen molar-refractivity contribution in [3.63, 3.8) is 0 Å². The van der Waals surface area contributed by atoms with E-state index in [1.807, 2.05) is 48.5 Å². The minimum Gasteiger partial charge on any atom is -0.436 e. The third kappa shape index (κ3) is 5.27. The maximum absolute atomic E-state index is 11.8. The number of benzene rings is 2. The first kappa shape index (κ1) is 22.2. The molecular weight excluding hydrogens is 433 g/mol. The molecule has 0 amide bonds. The van der Waals surface area contributed by atoms with Crippen molar-refractivity contribution in [3.05, 3.63) is 65.9 Å². The summed E-state index contributed by atoms with van der Waals surface area (Å²) in [5, 5.41) is 1.17. The summed E-state index contributed by atoms with van der Waals surface area (Å²) in [6, 6.07) is 15.7. The van der Waals surface area contributed by atoms with Gasteiger partial charge in [-0.05, 0) is 55.1 Å². The lowest BCUT2D eigenvalue weighted by Crippen LogP contribution is -2.30. The summed E-state index contributed by atoms with van der Waals surface area (Å²) in [4.78, 5) is 3.33. The van der Waals surface area contributed by atoms with E-state index in [1.54, 1.807) is 7.11 Å². The number of sulfonamides is 1. The fourth-order valence-corrected chi connectivity index (χ4v) is 6.08. The average Bonchev–Trinajstić information content (AvgIpc) is 3.21. The highest BCUT2D eigenvalue weighted by Crippen LogP contribution is 2.46. The molecule has 1 saturated heterocycles. The Kier molecular flexibility index (Phi) is 6.94. The molecule has 0 bridgehead atoms. The first-order valence-electron chi connectivity index (χ1n) is 10.3. The molecule has 4 rings (SSSR count). The second-order valence-corrected chi connectivity index (χ2v) is 11.2. The van der Waals surface area contributed by atoms with E-state index in [0.29, 0.717) is 5.92 Å². The van der Waals surface area contributed by atoms with Gasteiger partial charge in [-0.2, -0.15) is 0 Å². The van der Waals surface area contributed by atoms with Crippen molar-refractivity contribution >= 4 is 29.5 Å². The van der Waals surface area contributed by atoms with Crippen molar-refractivity contribution in [1.82, 2.24) is 14.4 Å². The normalized spacial score (nSPS) is 17.1. The SMILES string of the molecule is CNS(=O)(=O)Cc1ccc2c(C3CCN(P(OC)Oc4ccccc4)CC3)c[nH]c2c1. The van der Waals surface area contributed by atoms with E-state index in [1.165, 1.54) is 18.0 Å². The summed E-state index contributed by atoms with van der Waals surface area (Å²) in [5.41, 5.74) is 3.05. The van der Waals surface area contributed by atoms with Gasteiger partial charge in [-0.15, -0.1) is 0 Å². The van der Waals surface area contributed by atoms with E-state index in [-0.39, 0.29) is 5.75 Å². The molecule has 31 heavy (non-hydrogen) atoms. The van der Waals surface area contributed by atoms with Crippen molar-refractivity contribution in [1.29, 1.82) is 0 Å². The van der Waals surface area contributed by atoms with Crippen LogP contribution < -0.4 is 9.25 Å². The van der Waals surface area contributed by atoms with Gasteiger partial charge in [0.05, 0.1) is 5.75 Å². The maximum atomic E-state index is 11.8. The average molecular weight is 462 g/mol. The minimum absolute atomic E-state index is 0.0197.